The summed E-state index contributed by atoms with van der Waals surface area (Å²) in [5, 5.41) is 3.33. The normalized spacial score (nSPS) is 9.93. The Balaban J connectivity index is 2.26. The van der Waals surface area contributed by atoms with Gasteiger partial charge in [-0.1, -0.05) is 24.3 Å². The predicted octanol–water partition coefficient (Wildman–Crippen LogP) is 3.32. The van der Waals surface area contributed by atoms with E-state index in [1.807, 2.05) is 36.4 Å². The first-order valence-electron chi connectivity index (χ1n) is 4.94. The minimum atomic E-state index is 0.772. The Labute approximate surface area is 89.7 Å². The minimum Gasteiger partial charge on any atom is -0.399 e. The number of para-hydroxylation sites is 1. The summed E-state index contributed by atoms with van der Waals surface area (Å²) in [4.78, 5) is 0. The Morgan fingerprint density at radius 1 is 1.00 bits per heavy atom. The summed E-state index contributed by atoms with van der Waals surface area (Å²) in [5.41, 5.74) is 9.84. The van der Waals surface area contributed by atoms with Crippen LogP contribution in [0.3, 0.4) is 0 Å². The predicted molar refractivity (Wildman–Crippen MR) is 65.3 cm³/mol. The van der Waals surface area contributed by atoms with Gasteiger partial charge >= 0.3 is 0 Å². The highest BCUT2D eigenvalue weighted by Gasteiger charge is 1.97. The number of hydrogen-bond acceptors (Lipinski definition) is 2. The zero-order valence-corrected chi connectivity index (χ0v) is 8.70. The molecule has 0 spiro atoms. The number of nitrogen functional groups attached to an aromatic ring is 1. The summed E-state index contributed by atoms with van der Waals surface area (Å²) < 4.78 is 0. The summed E-state index contributed by atoms with van der Waals surface area (Å²) >= 11 is 0. The second-order valence-corrected chi connectivity index (χ2v) is 3.57. The Bertz CT molecular complexity index is 464. The van der Waals surface area contributed by atoms with Crippen LogP contribution in [0.2, 0.25) is 0 Å². The van der Waals surface area contributed by atoms with Crippen LogP contribution in [0, 0.1) is 6.92 Å². The molecule has 76 valence electrons. The van der Waals surface area contributed by atoms with Crippen molar-refractivity contribution in [1.82, 2.24) is 0 Å². The van der Waals surface area contributed by atoms with Gasteiger partial charge in [0.2, 0.25) is 0 Å². The lowest BCUT2D eigenvalue weighted by Gasteiger charge is -2.09. The van der Waals surface area contributed by atoms with Crippen LogP contribution < -0.4 is 11.1 Å². The Morgan fingerprint density at radius 3 is 2.53 bits per heavy atom. The third-order valence-electron chi connectivity index (χ3n) is 2.31. The van der Waals surface area contributed by atoms with E-state index in [9.17, 15) is 0 Å². The molecule has 2 aromatic rings. The summed E-state index contributed by atoms with van der Waals surface area (Å²) in [6.07, 6.45) is 0. The molecular formula is C13H14N2. The third kappa shape index (κ3) is 2.29. The summed E-state index contributed by atoms with van der Waals surface area (Å²) in [5.74, 6) is 0. The van der Waals surface area contributed by atoms with Crippen molar-refractivity contribution in [3.63, 3.8) is 0 Å². The van der Waals surface area contributed by atoms with Crippen molar-refractivity contribution in [2.45, 2.75) is 6.92 Å². The molecular weight excluding hydrogens is 184 g/mol. The van der Waals surface area contributed by atoms with Crippen LogP contribution in [-0.2, 0) is 0 Å². The minimum absolute atomic E-state index is 0.772. The van der Waals surface area contributed by atoms with Gasteiger partial charge in [-0.15, -0.1) is 0 Å². The zero-order valence-electron chi connectivity index (χ0n) is 8.70. The SMILES string of the molecule is Cc1ccccc1Nc1cccc(N)c1. The smallest absolute Gasteiger partial charge is 0.0413 e. The van der Waals surface area contributed by atoms with E-state index in [1.165, 1.54) is 5.56 Å². The van der Waals surface area contributed by atoms with Crippen LogP contribution in [0.1, 0.15) is 5.56 Å². The highest BCUT2D eigenvalue weighted by molar-refractivity contribution is 5.65. The van der Waals surface area contributed by atoms with E-state index in [2.05, 4.69) is 24.4 Å². The molecule has 3 N–H and O–H groups in total. The fraction of sp³-hybridized carbons (Fsp3) is 0.0769. The van der Waals surface area contributed by atoms with Gasteiger partial charge < -0.3 is 11.1 Å². The molecule has 0 atom stereocenters. The molecule has 0 radical (unpaired) electrons. The highest BCUT2D eigenvalue weighted by atomic mass is 14.9. The molecule has 0 unspecified atom stereocenters. The van der Waals surface area contributed by atoms with Crippen molar-refractivity contribution in [3.05, 3.63) is 54.1 Å². The number of hydrogen-bond donors (Lipinski definition) is 2. The monoisotopic (exact) mass is 198 g/mol. The molecule has 2 nitrogen and oxygen atoms in total. The van der Waals surface area contributed by atoms with Crippen LogP contribution in [0.15, 0.2) is 48.5 Å². The summed E-state index contributed by atoms with van der Waals surface area (Å²) in [6.45, 7) is 2.08. The van der Waals surface area contributed by atoms with Crippen LogP contribution in [0.4, 0.5) is 17.1 Å². The lowest BCUT2D eigenvalue weighted by atomic mass is 10.2. The van der Waals surface area contributed by atoms with Gasteiger partial charge in [0.15, 0.2) is 0 Å². The maximum Gasteiger partial charge on any atom is 0.0413 e. The molecule has 0 fully saturated rings. The molecule has 2 heteroatoms. The number of rotatable bonds is 2. The van der Waals surface area contributed by atoms with Gasteiger partial charge in [-0.3, -0.25) is 0 Å². The number of anilines is 3. The number of aryl methyl sites for hydroxylation is 1. The average Bonchev–Trinajstić information content (AvgIpc) is 2.22. The lowest BCUT2D eigenvalue weighted by Crippen LogP contribution is -1.93. The first-order valence-corrected chi connectivity index (χ1v) is 4.94. The molecule has 0 bridgehead atoms. The molecule has 0 aromatic heterocycles. The van der Waals surface area contributed by atoms with E-state index in [0.29, 0.717) is 0 Å². The molecule has 0 saturated carbocycles. The molecule has 0 heterocycles. The van der Waals surface area contributed by atoms with Crippen molar-refractivity contribution < 1.29 is 0 Å². The molecule has 2 aromatic carbocycles. The van der Waals surface area contributed by atoms with E-state index in [4.69, 9.17) is 5.73 Å². The molecule has 0 amide bonds. The van der Waals surface area contributed by atoms with Crippen molar-refractivity contribution in [3.8, 4) is 0 Å². The molecule has 0 aliphatic heterocycles. The maximum absolute atomic E-state index is 5.71. The Kier molecular flexibility index (Phi) is 2.59. The largest absolute Gasteiger partial charge is 0.399 e. The average molecular weight is 198 g/mol. The van der Waals surface area contributed by atoms with Gasteiger partial charge in [0, 0.05) is 17.1 Å². The van der Waals surface area contributed by atoms with Crippen LogP contribution in [-0.4, -0.2) is 0 Å². The first-order chi connectivity index (χ1) is 7.25. The highest BCUT2D eigenvalue weighted by Crippen LogP contribution is 2.21. The molecule has 15 heavy (non-hydrogen) atoms. The Hall–Kier alpha value is -1.96. The van der Waals surface area contributed by atoms with E-state index in [0.717, 1.165) is 17.1 Å². The lowest BCUT2D eigenvalue weighted by molar-refractivity contribution is 1.43. The van der Waals surface area contributed by atoms with Crippen LogP contribution >= 0.6 is 0 Å². The fourth-order valence-corrected chi connectivity index (χ4v) is 1.49. The third-order valence-corrected chi connectivity index (χ3v) is 2.31. The zero-order chi connectivity index (χ0) is 10.7. The standard InChI is InChI=1S/C13H14N2/c1-10-5-2-3-8-13(10)15-12-7-4-6-11(14)9-12/h2-9,15H,14H2,1H3. The number of nitrogens with one attached hydrogen (secondary N) is 1. The van der Waals surface area contributed by atoms with E-state index >= 15 is 0 Å². The van der Waals surface area contributed by atoms with Gasteiger partial charge in [-0.25, -0.2) is 0 Å². The first kappa shape index (κ1) is 9.59. The second-order valence-electron chi connectivity index (χ2n) is 3.57. The molecule has 0 saturated heterocycles. The Morgan fingerprint density at radius 2 is 1.80 bits per heavy atom. The molecule has 0 aliphatic rings. The van der Waals surface area contributed by atoms with Gasteiger partial charge in [0.1, 0.15) is 0 Å². The summed E-state index contributed by atoms with van der Waals surface area (Å²) in [7, 11) is 0. The fourth-order valence-electron chi connectivity index (χ4n) is 1.49. The second kappa shape index (κ2) is 4.05. The van der Waals surface area contributed by atoms with Crippen LogP contribution in [0.5, 0.6) is 0 Å². The quantitative estimate of drug-likeness (QED) is 0.726. The van der Waals surface area contributed by atoms with E-state index in [1.54, 1.807) is 0 Å². The number of benzene rings is 2. The van der Waals surface area contributed by atoms with Crippen molar-refractivity contribution in [2.75, 3.05) is 11.1 Å². The van der Waals surface area contributed by atoms with Gasteiger partial charge in [-0.05, 0) is 36.8 Å². The summed E-state index contributed by atoms with van der Waals surface area (Å²) in [6, 6.07) is 15.9. The van der Waals surface area contributed by atoms with Crippen molar-refractivity contribution in [2.24, 2.45) is 0 Å². The van der Waals surface area contributed by atoms with E-state index < -0.39 is 0 Å². The molecule has 0 aliphatic carbocycles. The van der Waals surface area contributed by atoms with Gasteiger partial charge in [0.05, 0.1) is 0 Å². The van der Waals surface area contributed by atoms with Gasteiger partial charge in [0.25, 0.3) is 0 Å². The molecule has 2 rings (SSSR count). The maximum atomic E-state index is 5.71. The topological polar surface area (TPSA) is 38.0 Å². The van der Waals surface area contributed by atoms with Crippen LogP contribution in [0.25, 0.3) is 0 Å². The van der Waals surface area contributed by atoms with E-state index in [-0.39, 0.29) is 0 Å². The number of nitrogens with two attached hydrogens (primary N) is 1. The van der Waals surface area contributed by atoms with Crippen molar-refractivity contribution in [1.29, 1.82) is 0 Å². The van der Waals surface area contributed by atoms with Gasteiger partial charge in [-0.2, -0.15) is 0 Å². The van der Waals surface area contributed by atoms with Crippen molar-refractivity contribution >= 4 is 17.1 Å².